The van der Waals surface area contributed by atoms with E-state index in [2.05, 4.69) is 0 Å². The maximum atomic E-state index is 9.55. The highest BCUT2D eigenvalue weighted by Gasteiger charge is 2.50. The van der Waals surface area contributed by atoms with E-state index in [9.17, 15) is 10.2 Å². The average molecular weight is 177 g/mol. The van der Waals surface area contributed by atoms with Gasteiger partial charge in [0, 0.05) is 18.6 Å². The zero-order valence-corrected chi connectivity index (χ0v) is 6.72. The first kappa shape index (κ1) is 9.88. The van der Waals surface area contributed by atoms with Gasteiger partial charge >= 0.3 is 0 Å². The van der Waals surface area contributed by atoms with Crippen LogP contribution in [0.2, 0.25) is 0 Å². The van der Waals surface area contributed by atoms with Crippen molar-refractivity contribution in [3.8, 4) is 0 Å². The summed E-state index contributed by atoms with van der Waals surface area (Å²) in [5.74, 6) is -0.336. The van der Waals surface area contributed by atoms with Crippen LogP contribution < -0.4 is 5.73 Å². The minimum Gasteiger partial charge on any atom is -0.396 e. The Kier molecular flexibility index (Phi) is 2.70. The fourth-order valence-corrected chi connectivity index (χ4v) is 1.67. The Balaban J connectivity index is 2.72. The Hall–Kier alpha value is -0.200. The van der Waals surface area contributed by atoms with Crippen molar-refractivity contribution in [2.75, 3.05) is 13.2 Å². The largest absolute Gasteiger partial charge is 0.396 e. The lowest BCUT2D eigenvalue weighted by Gasteiger charge is -2.24. The van der Waals surface area contributed by atoms with Crippen LogP contribution in [-0.4, -0.2) is 51.4 Å². The summed E-state index contributed by atoms with van der Waals surface area (Å²) in [4.78, 5) is 0. The van der Waals surface area contributed by atoms with Crippen LogP contribution in [0.3, 0.4) is 0 Å². The van der Waals surface area contributed by atoms with Crippen molar-refractivity contribution in [3.63, 3.8) is 0 Å². The lowest BCUT2D eigenvalue weighted by molar-refractivity contribution is -0.0889. The summed E-state index contributed by atoms with van der Waals surface area (Å²) in [6.07, 6.45) is -1.01. The van der Waals surface area contributed by atoms with E-state index in [-0.39, 0.29) is 18.9 Å². The Morgan fingerprint density at radius 1 is 1.42 bits per heavy atom. The Labute approximate surface area is 70.4 Å². The van der Waals surface area contributed by atoms with Crippen molar-refractivity contribution in [3.05, 3.63) is 0 Å². The van der Waals surface area contributed by atoms with Crippen LogP contribution in [0.25, 0.3) is 0 Å². The van der Waals surface area contributed by atoms with E-state index >= 15 is 0 Å². The first-order valence-electron chi connectivity index (χ1n) is 3.93. The summed E-state index contributed by atoms with van der Waals surface area (Å²) in [5.41, 5.74) is 3.97. The lowest BCUT2D eigenvalue weighted by atomic mass is 10.0. The molecule has 0 spiro atoms. The van der Waals surface area contributed by atoms with E-state index in [0.717, 1.165) is 0 Å². The summed E-state index contributed by atoms with van der Waals surface area (Å²) in [6.45, 7) is -0.709. The smallest absolute Gasteiger partial charge is 0.115 e. The molecule has 5 heteroatoms. The Bertz CT molecular complexity index is 165. The second-order valence-electron chi connectivity index (χ2n) is 3.43. The first-order valence-corrected chi connectivity index (χ1v) is 3.93. The number of hydrogen-bond acceptors (Lipinski definition) is 5. The van der Waals surface area contributed by atoms with Crippen LogP contribution in [0.1, 0.15) is 6.42 Å². The average Bonchev–Trinajstić information content (AvgIpc) is 2.31. The number of aliphatic hydroxyl groups is 4. The summed E-state index contributed by atoms with van der Waals surface area (Å²) >= 11 is 0. The van der Waals surface area contributed by atoms with Crippen molar-refractivity contribution in [1.82, 2.24) is 0 Å². The molecule has 6 N–H and O–H groups in total. The second-order valence-corrected chi connectivity index (χ2v) is 3.43. The predicted molar refractivity (Wildman–Crippen MR) is 41.2 cm³/mol. The van der Waals surface area contributed by atoms with Gasteiger partial charge in [-0.05, 0) is 6.42 Å². The van der Waals surface area contributed by atoms with E-state index in [1.54, 1.807) is 0 Å². The third kappa shape index (κ3) is 1.34. The lowest BCUT2D eigenvalue weighted by Crippen LogP contribution is -2.48. The third-order valence-electron chi connectivity index (χ3n) is 2.58. The van der Waals surface area contributed by atoms with Crippen molar-refractivity contribution >= 4 is 0 Å². The van der Waals surface area contributed by atoms with E-state index in [1.165, 1.54) is 0 Å². The zero-order chi connectivity index (χ0) is 9.35. The molecule has 1 fully saturated rings. The number of hydrogen-bond donors (Lipinski definition) is 5. The molecule has 1 aliphatic carbocycles. The van der Waals surface area contributed by atoms with Gasteiger partial charge in [0.25, 0.3) is 0 Å². The molecule has 0 bridgehead atoms. The van der Waals surface area contributed by atoms with E-state index in [1.807, 2.05) is 0 Å². The van der Waals surface area contributed by atoms with Gasteiger partial charge in [0.1, 0.15) is 11.7 Å². The fraction of sp³-hybridized carbons (Fsp3) is 1.00. The van der Waals surface area contributed by atoms with Gasteiger partial charge < -0.3 is 26.2 Å². The molecule has 0 aliphatic heterocycles. The Morgan fingerprint density at radius 2 is 2.00 bits per heavy atom. The van der Waals surface area contributed by atoms with Crippen LogP contribution >= 0.6 is 0 Å². The molecule has 1 saturated carbocycles. The van der Waals surface area contributed by atoms with Gasteiger partial charge in [-0.15, -0.1) is 0 Å². The monoisotopic (exact) mass is 177 g/mol. The molecule has 0 saturated heterocycles. The molecule has 4 atom stereocenters. The molecule has 0 heterocycles. The molecule has 1 aliphatic rings. The molecule has 0 amide bonds. The van der Waals surface area contributed by atoms with Crippen molar-refractivity contribution < 1.29 is 20.4 Å². The molecule has 12 heavy (non-hydrogen) atoms. The third-order valence-corrected chi connectivity index (χ3v) is 2.58. The van der Waals surface area contributed by atoms with Gasteiger partial charge in [-0.2, -0.15) is 0 Å². The van der Waals surface area contributed by atoms with E-state index < -0.39 is 24.4 Å². The molecule has 0 aromatic heterocycles. The first-order chi connectivity index (χ1) is 5.55. The molecule has 0 aromatic rings. The van der Waals surface area contributed by atoms with Gasteiger partial charge in [0.15, 0.2) is 0 Å². The molecular weight excluding hydrogens is 162 g/mol. The van der Waals surface area contributed by atoms with Gasteiger partial charge in [-0.3, -0.25) is 0 Å². The highest BCUT2D eigenvalue weighted by Crippen LogP contribution is 2.33. The van der Waals surface area contributed by atoms with Gasteiger partial charge in [0.05, 0.1) is 6.61 Å². The standard InChI is InChI=1S/C7H15NO4/c8-5-4(2-9)1-7(12,3-10)6(5)11/h4-6,9-12H,1-3,8H2/t4-,5+,6-,7+/m1/s1. The Morgan fingerprint density at radius 3 is 2.25 bits per heavy atom. The second kappa shape index (κ2) is 3.27. The molecule has 1 rings (SSSR count). The highest BCUT2D eigenvalue weighted by molar-refractivity contribution is 5.03. The van der Waals surface area contributed by atoms with Crippen LogP contribution in [0.5, 0.6) is 0 Å². The number of nitrogens with two attached hydrogens (primary N) is 1. The SMILES string of the molecule is N[C@H]1[C@@H](CO)C[C@](O)(CO)[C@@H]1O. The van der Waals surface area contributed by atoms with Gasteiger partial charge in [0.2, 0.25) is 0 Å². The molecule has 72 valence electrons. The van der Waals surface area contributed by atoms with E-state index in [0.29, 0.717) is 0 Å². The highest BCUT2D eigenvalue weighted by atomic mass is 16.4. The topological polar surface area (TPSA) is 107 Å². The fourth-order valence-electron chi connectivity index (χ4n) is 1.67. The van der Waals surface area contributed by atoms with Crippen LogP contribution in [0.15, 0.2) is 0 Å². The number of aliphatic hydroxyl groups excluding tert-OH is 3. The van der Waals surface area contributed by atoms with Crippen LogP contribution in [0, 0.1) is 5.92 Å². The molecule has 0 aromatic carbocycles. The van der Waals surface area contributed by atoms with Crippen LogP contribution in [-0.2, 0) is 0 Å². The minimum atomic E-state index is -1.53. The summed E-state index contributed by atoms with van der Waals surface area (Å²) in [5, 5.41) is 36.5. The van der Waals surface area contributed by atoms with Gasteiger partial charge in [-0.25, -0.2) is 0 Å². The van der Waals surface area contributed by atoms with Crippen molar-refractivity contribution in [1.29, 1.82) is 0 Å². The summed E-state index contributed by atoms with van der Waals surface area (Å²) in [6, 6.07) is -0.660. The zero-order valence-electron chi connectivity index (χ0n) is 6.72. The van der Waals surface area contributed by atoms with Crippen LogP contribution in [0.4, 0.5) is 0 Å². The summed E-state index contributed by atoms with van der Waals surface area (Å²) < 4.78 is 0. The quantitative estimate of drug-likeness (QED) is 0.318. The normalized spacial score (nSPS) is 48.2. The predicted octanol–water partition coefficient (Wildman–Crippen LogP) is -2.59. The molecule has 0 unspecified atom stereocenters. The van der Waals surface area contributed by atoms with E-state index in [4.69, 9.17) is 15.9 Å². The molecule has 5 nitrogen and oxygen atoms in total. The molecular formula is C7H15NO4. The molecule has 0 radical (unpaired) electrons. The maximum Gasteiger partial charge on any atom is 0.115 e. The van der Waals surface area contributed by atoms with Crippen molar-refractivity contribution in [2.45, 2.75) is 24.2 Å². The number of rotatable bonds is 2. The minimum absolute atomic E-state index is 0.141. The van der Waals surface area contributed by atoms with Crippen molar-refractivity contribution in [2.24, 2.45) is 11.7 Å². The summed E-state index contributed by atoms with van der Waals surface area (Å²) in [7, 11) is 0. The van der Waals surface area contributed by atoms with Gasteiger partial charge in [-0.1, -0.05) is 0 Å². The maximum absolute atomic E-state index is 9.55.